The zero-order chi connectivity index (χ0) is 43.7. The third-order valence-corrected chi connectivity index (χ3v) is 13.1. The van der Waals surface area contributed by atoms with E-state index in [4.69, 9.17) is 15.2 Å². The van der Waals surface area contributed by atoms with Crippen LogP contribution in [0.4, 0.5) is 23.8 Å². The number of amides is 2. The van der Waals surface area contributed by atoms with Crippen molar-refractivity contribution in [2.24, 2.45) is 17.6 Å². The summed E-state index contributed by atoms with van der Waals surface area (Å²) in [4.78, 5) is 53.1. The van der Waals surface area contributed by atoms with E-state index >= 15 is 0 Å². The lowest BCUT2D eigenvalue weighted by atomic mass is 9.87. The van der Waals surface area contributed by atoms with E-state index in [1.807, 2.05) is 52.0 Å². The summed E-state index contributed by atoms with van der Waals surface area (Å²) in [5, 5.41) is 21.0. The number of halogens is 3. The van der Waals surface area contributed by atoms with Gasteiger partial charge in [-0.1, -0.05) is 23.9 Å². The lowest BCUT2D eigenvalue weighted by Crippen LogP contribution is -2.42. The molecule has 17 heteroatoms. The molecule has 3 aliphatic heterocycles. The van der Waals surface area contributed by atoms with Crippen LogP contribution in [0.3, 0.4) is 0 Å². The number of hydrogen-bond donors (Lipinski definition) is 4. The molecule has 0 bridgehead atoms. The number of pyridine rings is 2. The van der Waals surface area contributed by atoms with Crippen LogP contribution in [0.2, 0.25) is 0 Å². The number of phenolic OH excluding ortho intramolecular Hbond substituents is 1. The van der Waals surface area contributed by atoms with Gasteiger partial charge in [-0.2, -0.15) is 0 Å². The number of fused-ring (bicyclic) bond motifs is 3. The number of anilines is 1. The fourth-order valence-electron chi connectivity index (χ4n) is 8.29. The molecule has 13 nitrogen and oxygen atoms in total. The minimum Gasteiger partial charge on any atom is -0.507 e. The summed E-state index contributed by atoms with van der Waals surface area (Å²) in [6.45, 7) is 9.29. The smallest absolute Gasteiger partial charge is 0.341 e. The SMILES string of the molecule is Cc1c(C)c2c(c(C)c1O)CCC(C)(COc1ccc(CC3SC(=O)NC3=O)cc1)O2.N[C@@H]1[C@H]2CN(c3nc4c(cc3F)c(=O)c(C(=O)O)cn4-c3ccc(F)cc3F)C[C@@H]12. The molecule has 0 spiro atoms. The number of phenols is 1. The Morgan fingerprint density at radius 1 is 1.02 bits per heavy atom. The number of aromatic carboxylic acids is 1. The van der Waals surface area contributed by atoms with E-state index in [9.17, 15) is 42.6 Å². The zero-order valence-corrected chi connectivity index (χ0v) is 34.4. The van der Waals surface area contributed by atoms with Crippen LogP contribution in [-0.4, -0.2) is 73.5 Å². The highest BCUT2D eigenvalue weighted by Crippen LogP contribution is 2.46. The molecule has 0 radical (unpaired) electrons. The number of carboxylic acids is 1. The zero-order valence-electron chi connectivity index (χ0n) is 33.6. The lowest BCUT2D eigenvalue weighted by Gasteiger charge is -2.37. The average molecular weight is 858 g/mol. The first kappa shape index (κ1) is 41.7. The van der Waals surface area contributed by atoms with Crippen LogP contribution < -0.4 is 30.9 Å². The minimum atomic E-state index is -1.56. The van der Waals surface area contributed by atoms with Crippen molar-refractivity contribution >= 4 is 45.7 Å². The van der Waals surface area contributed by atoms with Gasteiger partial charge >= 0.3 is 5.97 Å². The first-order chi connectivity index (χ1) is 28.9. The van der Waals surface area contributed by atoms with E-state index in [-0.39, 0.29) is 56.8 Å². The third-order valence-electron chi connectivity index (χ3n) is 12.1. The highest BCUT2D eigenvalue weighted by Gasteiger charge is 2.54. The molecule has 61 heavy (non-hydrogen) atoms. The highest BCUT2D eigenvalue weighted by atomic mass is 32.2. The number of thioether (sulfide) groups is 1. The normalized spacial score (nSPS) is 22.5. The molecule has 2 aromatic heterocycles. The highest BCUT2D eigenvalue weighted by molar-refractivity contribution is 8.15. The van der Waals surface area contributed by atoms with Gasteiger partial charge in [-0.05, 0) is 111 Å². The van der Waals surface area contributed by atoms with Crippen molar-refractivity contribution in [2.45, 2.75) is 63.9 Å². The second kappa shape index (κ2) is 15.8. The number of imide groups is 1. The molecule has 2 amide bonds. The number of carbonyl (C=O) groups excluding carboxylic acids is 2. The van der Waals surface area contributed by atoms with Gasteiger partial charge in [0.2, 0.25) is 11.3 Å². The standard InChI is InChI=1S/C24H27NO5S.C20H15F3N4O3/c1-13-14(2)21-18(15(3)20(13)26)9-10-24(4,30-21)12-29-17-7-5-16(6-8-17)11-19-22(27)25-23(28)31-19;21-8-1-2-15(13(22)3-8)27-7-12(20(29)30)17(28)9-4-14(23)19(25-18(9)27)26-5-10-11(6-26)16(10)24/h5-8,19,26H,9-12H2,1-4H3,(H,25,27,28);1-4,7,10-11,16H,5-6,24H2,(H,29,30)/t;10-,11+,16+. The van der Waals surface area contributed by atoms with Crippen LogP contribution in [0.1, 0.15) is 51.5 Å². The molecule has 3 aromatic carbocycles. The van der Waals surface area contributed by atoms with E-state index in [0.717, 1.165) is 92.9 Å². The number of nitrogens with one attached hydrogen (secondary N) is 1. The summed E-state index contributed by atoms with van der Waals surface area (Å²) >= 11 is 1.04. The number of rotatable bonds is 8. The van der Waals surface area contributed by atoms with E-state index in [1.54, 1.807) is 4.90 Å². The van der Waals surface area contributed by atoms with Crippen LogP contribution in [0.15, 0.2) is 59.5 Å². The Balaban J connectivity index is 0.000000168. The predicted octanol–water partition coefficient (Wildman–Crippen LogP) is 6.27. The molecule has 9 rings (SSSR count). The molecule has 1 aliphatic carbocycles. The first-order valence-corrected chi connectivity index (χ1v) is 20.5. The number of aromatic hydroxyl groups is 1. The second-order valence-corrected chi connectivity index (χ2v) is 17.4. The van der Waals surface area contributed by atoms with Crippen molar-refractivity contribution in [1.29, 1.82) is 0 Å². The Kier molecular flexibility index (Phi) is 10.8. The van der Waals surface area contributed by atoms with Crippen molar-refractivity contribution < 1.29 is 47.2 Å². The van der Waals surface area contributed by atoms with E-state index in [0.29, 0.717) is 37.9 Å². The minimum absolute atomic E-state index is 0.0272. The van der Waals surface area contributed by atoms with Crippen molar-refractivity contribution in [2.75, 3.05) is 24.6 Å². The van der Waals surface area contributed by atoms with Gasteiger partial charge in [0, 0.05) is 37.0 Å². The maximum Gasteiger partial charge on any atom is 0.341 e. The quantitative estimate of drug-likeness (QED) is 0.137. The van der Waals surface area contributed by atoms with Gasteiger partial charge in [-0.15, -0.1) is 0 Å². The van der Waals surface area contributed by atoms with E-state index in [2.05, 4.69) is 10.3 Å². The molecule has 4 aliphatic rings. The van der Waals surface area contributed by atoms with Gasteiger partial charge in [0.05, 0.1) is 16.3 Å². The van der Waals surface area contributed by atoms with Crippen LogP contribution in [-0.2, 0) is 17.6 Å². The average Bonchev–Trinajstić information content (AvgIpc) is 3.47. The molecular weight excluding hydrogens is 816 g/mol. The van der Waals surface area contributed by atoms with Gasteiger partial charge in [-0.3, -0.25) is 24.3 Å². The lowest BCUT2D eigenvalue weighted by molar-refractivity contribution is -0.118. The number of hydrogen-bond acceptors (Lipinski definition) is 11. The van der Waals surface area contributed by atoms with Gasteiger partial charge in [0.15, 0.2) is 17.3 Å². The number of nitrogens with zero attached hydrogens (tertiary/aromatic N) is 3. The van der Waals surface area contributed by atoms with Crippen molar-refractivity contribution in [1.82, 2.24) is 14.9 Å². The van der Waals surface area contributed by atoms with E-state index < -0.39 is 40.0 Å². The Morgan fingerprint density at radius 3 is 2.36 bits per heavy atom. The molecular formula is C44H42F3N5O8S. The number of benzene rings is 3. The fourth-order valence-corrected chi connectivity index (χ4v) is 9.15. The van der Waals surface area contributed by atoms with Crippen molar-refractivity contribution in [3.8, 4) is 22.9 Å². The predicted molar refractivity (Wildman–Crippen MR) is 222 cm³/mol. The van der Waals surface area contributed by atoms with Crippen molar-refractivity contribution in [3.05, 3.63) is 116 Å². The summed E-state index contributed by atoms with van der Waals surface area (Å²) in [6.07, 6.45) is 3.04. The Bertz CT molecular complexity index is 2700. The van der Waals surface area contributed by atoms with Crippen LogP contribution in [0, 0.1) is 50.1 Å². The maximum absolute atomic E-state index is 14.8. The van der Waals surface area contributed by atoms with Crippen LogP contribution >= 0.6 is 11.8 Å². The first-order valence-electron chi connectivity index (χ1n) is 19.6. The molecule has 3 fully saturated rings. The molecule has 5 atom stereocenters. The Hall–Kier alpha value is -6.07. The molecule has 5 aromatic rings. The molecule has 318 valence electrons. The number of nitrogens with two attached hydrogens (primary N) is 1. The Labute approximate surface area is 351 Å². The summed E-state index contributed by atoms with van der Waals surface area (Å²) in [7, 11) is 0. The monoisotopic (exact) mass is 857 g/mol. The van der Waals surface area contributed by atoms with E-state index in [1.165, 1.54) is 0 Å². The largest absolute Gasteiger partial charge is 0.507 e. The van der Waals surface area contributed by atoms with Gasteiger partial charge < -0.3 is 30.3 Å². The molecule has 2 unspecified atom stereocenters. The third kappa shape index (κ3) is 7.87. The number of carbonyl (C=O) groups is 3. The second-order valence-electron chi connectivity index (χ2n) is 16.2. The maximum atomic E-state index is 14.8. The number of carboxylic acid groups (broad SMARTS) is 1. The number of ether oxygens (including phenoxy) is 2. The topological polar surface area (TPSA) is 186 Å². The summed E-state index contributed by atoms with van der Waals surface area (Å²) < 4.78 is 56.1. The van der Waals surface area contributed by atoms with Crippen LogP contribution in [0.5, 0.6) is 17.2 Å². The van der Waals surface area contributed by atoms with Crippen molar-refractivity contribution in [3.63, 3.8) is 0 Å². The van der Waals surface area contributed by atoms with Gasteiger partial charge in [0.1, 0.15) is 46.7 Å². The number of aromatic nitrogens is 2. The molecule has 5 N–H and O–H groups in total. The molecule has 5 heterocycles. The molecule has 1 saturated carbocycles. The summed E-state index contributed by atoms with van der Waals surface area (Å²) in [5.74, 6) is -1.98. The number of piperidine rings is 1. The molecule has 2 saturated heterocycles. The van der Waals surface area contributed by atoms with Gasteiger partial charge in [-0.25, -0.2) is 22.9 Å². The fraction of sp³-hybridized carbons (Fsp3) is 0.341. The Morgan fingerprint density at radius 2 is 1.72 bits per heavy atom. The summed E-state index contributed by atoms with van der Waals surface area (Å²) in [5.41, 5.74) is 8.25. The van der Waals surface area contributed by atoms with Crippen LogP contribution in [0.25, 0.3) is 16.7 Å². The van der Waals surface area contributed by atoms with Gasteiger partial charge in [0.25, 0.3) is 5.24 Å². The summed E-state index contributed by atoms with van der Waals surface area (Å²) in [6, 6.07) is 11.3.